The summed E-state index contributed by atoms with van der Waals surface area (Å²) in [5, 5.41) is 2.76. The first-order chi connectivity index (χ1) is 9.71. The Kier molecular flexibility index (Phi) is 4.97. The minimum Gasteiger partial charge on any atom is -0.373 e. The number of halogens is 2. The summed E-state index contributed by atoms with van der Waals surface area (Å²) in [5.74, 6) is -0.360. The lowest BCUT2D eigenvalue weighted by Crippen LogP contribution is -2.40. The van der Waals surface area contributed by atoms with Crippen LogP contribution in [0.1, 0.15) is 30.1 Å². The molecule has 8 heteroatoms. The highest BCUT2D eigenvalue weighted by Gasteiger charge is 2.30. The van der Waals surface area contributed by atoms with Crippen LogP contribution < -0.4 is 5.32 Å². The number of carbonyl (C=O) groups is 1. The lowest BCUT2D eigenvalue weighted by atomic mass is 10.0. The Bertz CT molecular complexity index is 656. The highest BCUT2D eigenvalue weighted by molar-refractivity contribution is 9.10. The van der Waals surface area contributed by atoms with E-state index in [1.54, 1.807) is 0 Å². The van der Waals surface area contributed by atoms with Gasteiger partial charge >= 0.3 is 0 Å². The molecule has 1 saturated heterocycles. The zero-order chi connectivity index (χ0) is 15.7. The van der Waals surface area contributed by atoms with Crippen LogP contribution in [0.15, 0.2) is 27.6 Å². The first kappa shape index (κ1) is 16.7. The first-order valence-electron chi connectivity index (χ1n) is 6.38. The molecule has 0 bridgehead atoms. The van der Waals surface area contributed by atoms with Crippen molar-refractivity contribution in [2.75, 3.05) is 13.2 Å². The highest BCUT2D eigenvalue weighted by atomic mass is 79.9. The van der Waals surface area contributed by atoms with Crippen LogP contribution in [0, 0.1) is 0 Å². The standard InChI is InChI=1S/C13H15BrClNO4S/c1-13(5-2-6-20-13)8-16-12(17)9-3-4-10(14)11(7-9)21(15,18)19/h3-4,7H,2,5-6,8H2,1H3,(H,16,17). The van der Waals surface area contributed by atoms with Crippen molar-refractivity contribution in [1.82, 2.24) is 5.32 Å². The molecule has 116 valence electrons. The van der Waals surface area contributed by atoms with Crippen molar-refractivity contribution in [2.45, 2.75) is 30.3 Å². The first-order valence-corrected chi connectivity index (χ1v) is 9.48. The monoisotopic (exact) mass is 395 g/mol. The van der Waals surface area contributed by atoms with Gasteiger partial charge in [0.2, 0.25) is 0 Å². The molecule has 1 aliphatic rings. The number of benzene rings is 1. The van der Waals surface area contributed by atoms with Crippen molar-refractivity contribution in [3.63, 3.8) is 0 Å². The molecule has 1 heterocycles. The Morgan fingerprint density at radius 3 is 2.81 bits per heavy atom. The number of hydrogen-bond donors (Lipinski definition) is 1. The van der Waals surface area contributed by atoms with Gasteiger partial charge in [0.05, 0.1) is 10.5 Å². The van der Waals surface area contributed by atoms with Gasteiger partial charge in [0.1, 0.15) is 0 Å². The quantitative estimate of drug-likeness (QED) is 0.794. The summed E-state index contributed by atoms with van der Waals surface area (Å²) >= 11 is 3.10. The predicted molar refractivity (Wildman–Crippen MR) is 83.1 cm³/mol. The molecule has 0 saturated carbocycles. The molecule has 0 spiro atoms. The third-order valence-electron chi connectivity index (χ3n) is 3.38. The van der Waals surface area contributed by atoms with Crippen molar-refractivity contribution >= 4 is 41.6 Å². The maximum Gasteiger partial charge on any atom is 0.262 e. The Hall–Kier alpha value is -0.630. The summed E-state index contributed by atoms with van der Waals surface area (Å²) in [6.45, 7) is 3.01. The fourth-order valence-corrected chi connectivity index (χ4v) is 4.29. The number of ether oxygens (including phenoxy) is 1. The summed E-state index contributed by atoms with van der Waals surface area (Å²) < 4.78 is 28.8. The van der Waals surface area contributed by atoms with E-state index in [-0.39, 0.29) is 22.0 Å². The van der Waals surface area contributed by atoms with Gasteiger partial charge in [-0.3, -0.25) is 4.79 Å². The maximum atomic E-state index is 12.1. The number of hydrogen-bond acceptors (Lipinski definition) is 4. The minimum absolute atomic E-state index is 0.125. The van der Waals surface area contributed by atoms with Gasteiger partial charge in [-0.25, -0.2) is 8.42 Å². The van der Waals surface area contributed by atoms with E-state index in [4.69, 9.17) is 15.4 Å². The number of amides is 1. The van der Waals surface area contributed by atoms with Crippen LogP contribution in [0.2, 0.25) is 0 Å². The second kappa shape index (κ2) is 6.24. The molecule has 1 aromatic carbocycles. The van der Waals surface area contributed by atoms with Gasteiger partial charge in [0.15, 0.2) is 0 Å². The SMILES string of the molecule is CC1(CNC(=O)c2ccc(Br)c(S(=O)(=O)Cl)c2)CCCO1. The van der Waals surface area contributed by atoms with Crippen LogP contribution >= 0.6 is 26.6 Å². The summed E-state index contributed by atoms with van der Waals surface area (Å²) in [5.41, 5.74) is -0.120. The van der Waals surface area contributed by atoms with E-state index < -0.39 is 9.05 Å². The second-order valence-corrected chi connectivity index (χ2v) is 8.56. The van der Waals surface area contributed by atoms with E-state index in [2.05, 4.69) is 21.2 Å². The Balaban J connectivity index is 2.13. The Morgan fingerprint density at radius 1 is 1.52 bits per heavy atom. The maximum absolute atomic E-state index is 12.1. The summed E-state index contributed by atoms with van der Waals surface area (Å²) in [7, 11) is 1.42. The largest absolute Gasteiger partial charge is 0.373 e. The molecule has 21 heavy (non-hydrogen) atoms. The smallest absolute Gasteiger partial charge is 0.262 e. The van der Waals surface area contributed by atoms with E-state index in [9.17, 15) is 13.2 Å². The fraction of sp³-hybridized carbons (Fsp3) is 0.462. The van der Waals surface area contributed by atoms with Crippen LogP contribution in [0.5, 0.6) is 0 Å². The molecule has 1 amide bonds. The number of carbonyl (C=O) groups excluding carboxylic acids is 1. The van der Waals surface area contributed by atoms with Crippen molar-refractivity contribution in [1.29, 1.82) is 0 Å². The number of rotatable bonds is 4. The van der Waals surface area contributed by atoms with Gasteiger partial charge in [-0.05, 0) is 53.9 Å². The lowest BCUT2D eigenvalue weighted by molar-refractivity contribution is 0.0206. The van der Waals surface area contributed by atoms with Crippen molar-refractivity contribution in [3.05, 3.63) is 28.2 Å². The van der Waals surface area contributed by atoms with Gasteiger partial charge in [-0.2, -0.15) is 0 Å². The third-order valence-corrected chi connectivity index (χ3v) is 5.70. The van der Waals surface area contributed by atoms with Crippen LogP contribution in [-0.4, -0.2) is 33.1 Å². The second-order valence-electron chi connectivity index (χ2n) is 5.17. The van der Waals surface area contributed by atoms with Gasteiger partial charge in [0, 0.05) is 33.9 Å². The molecule has 1 unspecified atom stereocenters. The molecule has 0 radical (unpaired) electrons. The summed E-state index contributed by atoms with van der Waals surface area (Å²) in [6.07, 6.45) is 1.86. The van der Waals surface area contributed by atoms with E-state index in [0.29, 0.717) is 17.6 Å². The molecule has 2 rings (SSSR count). The van der Waals surface area contributed by atoms with Crippen molar-refractivity contribution < 1.29 is 17.9 Å². The van der Waals surface area contributed by atoms with Gasteiger partial charge in [0.25, 0.3) is 15.0 Å². The molecule has 1 N–H and O–H groups in total. The Morgan fingerprint density at radius 2 is 2.24 bits per heavy atom. The molecule has 5 nitrogen and oxygen atoms in total. The molecule has 0 aromatic heterocycles. The Labute approximate surface area is 136 Å². The van der Waals surface area contributed by atoms with E-state index in [1.807, 2.05) is 6.92 Å². The molecule has 1 atom stereocenters. The fourth-order valence-electron chi connectivity index (χ4n) is 2.18. The van der Waals surface area contributed by atoms with E-state index in [0.717, 1.165) is 12.8 Å². The van der Waals surface area contributed by atoms with Crippen LogP contribution in [0.3, 0.4) is 0 Å². The normalized spacial score (nSPS) is 22.2. The van der Waals surface area contributed by atoms with Crippen molar-refractivity contribution in [2.24, 2.45) is 0 Å². The topological polar surface area (TPSA) is 72.5 Å². The van der Waals surface area contributed by atoms with Crippen LogP contribution in [0.4, 0.5) is 0 Å². The van der Waals surface area contributed by atoms with Crippen LogP contribution in [0.25, 0.3) is 0 Å². The zero-order valence-corrected chi connectivity index (χ0v) is 14.5. The van der Waals surface area contributed by atoms with Gasteiger partial charge in [-0.15, -0.1) is 0 Å². The molecule has 1 aromatic rings. The van der Waals surface area contributed by atoms with Crippen molar-refractivity contribution in [3.8, 4) is 0 Å². The molecule has 1 fully saturated rings. The third kappa shape index (κ3) is 4.18. The predicted octanol–water partition coefficient (Wildman–Crippen LogP) is 2.68. The average molecular weight is 397 g/mol. The van der Waals surface area contributed by atoms with E-state index >= 15 is 0 Å². The van der Waals surface area contributed by atoms with Gasteiger partial charge in [-0.1, -0.05) is 0 Å². The molecule has 1 aliphatic heterocycles. The number of nitrogens with one attached hydrogen (secondary N) is 1. The van der Waals surface area contributed by atoms with E-state index in [1.165, 1.54) is 18.2 Å². The zero-order valence-electron chi connectivity index (χ0n) is 11.4. The summed E-state index contributed by atoms with van der Waals surface area (Å²) in [4.78, 5) is 12.0. The molecule has 0 aliphatic carbocycles. The lowest BCUT2D eigenvalue weighted by Gasteiger charge is -2.23. The average Bonchev–Trinajstić information content (AvgIpc) is 2.83. The summed E-state index contributed by atoms with van der Waals surface area (Å²) in [6, 6.07) is 4.26. The molecular formula is C13H15BrClNO4S. The highest BCUT2D eigenvalue weighted by Crippen LogP contribution is 2.27. The van der Waals surface area contributed by atoms with Gasteiger partial charge < -0.3 is 10.1 Å². The molecular weight excluding hydrogens is 382 g/mol. The minimum atomic E-state index is -3.91. The van der Waals surface area contributed by atoms with Crippen LogP contribution in [-0.2, 0) is 13.8 Å².